The number of carbonyl (C=O) groups is 1. The lowest BCUT2D eigenvalue weighted by Crippen LogP contribution is -2.41. The lowest BCUT2D eigenvalue weighted by atomic mass is 9.96. The van der Waals surface area contributed by atoms with Crippen LogP contribution in [0.4, 0.5) is 11.5 Å². The second-order valence-corrected chi connectivity index (χ2v) is 7.99. The molecule has 0 saturated carbocycles. The smallest absolute Gasteiger partial charge is 0.229 e. The summed E-state index contributed by atoms with van der Waals surface area (Å²) >= 11 is 1.62. The van der Waals surface area contributed by atoms with Gasteiger partial charge in [0.2, 0.25) is 5.91 Å². The van der Waals surface area contributed by atoms with Crippen LogP contribution in [-0.4, -0.2) is 35.5 Å². The van der Waals surface area contributed by atoms with E-state index in [0.29, 0.717) is 6.54 Å². The zero-order chi connectivity index (χ0) is 19.3. The van der Waals surface area contributed by atoms with E-state index >= 15 is 0 Å². The molecule has 28 heavy (non-hydrogen) atoms. The molecule has 1 aromatic carbocycles. The normalized spacial score (nSPS) is 17.0. The summed E-state index contributed by atoms with van der Waals surface area (Å²) < 4.78 is 0. The van der Waals surface area contributed by atoms with Crippen molar-refractivity contribution in [3.05, 3.63) is 47.6 Å². The Balaban J connectivity index is 1.44. The van der Waals surface area contributed by atoms with Crippen molar-refractivity contribution in [2.45, 2.75) is 26.3 Å². The third-order valence-electron chi connectivity index (χ3n) is 5.11. The van der Waals surface area contributed by atoms with Crippen LogP contribution in [0.3, 0.4) is 0 Å². The zero-order valence-corrected chi connectivity index (χ0v) is 16.8. The maximum atomic E-state index is 12.9. The van der Waals surface area contributed by atoms with Gasteiger partial charge in [-0.05, 0) is 48.5 Å². The van der Waals surface area contributed by atoms with Crippen LogP contribution in [0.25, 0.3) is 10.2 Å². The minimum Gasteiger partial charge on any atom is -0.355 e. The number of carbonyl (C=O) groups excluding carboxylic acids is 1. The number of hydrogen-bond acceptors (Lipinski definition) is 6. The molecule has 0 spiro atoms. The second-order valence-electron chi connectivity index (χ2n) is 7.09. The summed E-state index contributed by atoms with van der Waals surface area (Å²) in [4.78, 5) is 25.0. The number of hydrogen-bond donors (Lipinski definition) is 2. The number of nitrogens with one attached hydrogen (secondary N) is 2. The fraction of sp³-hybridized carbons (Fsp3) is 0.381. The fourth-order valence-electron chi connectivity index (χ4n) is 3.69. The number of thiophene rings is 1. The number of fused-ring (bicyclic) bond motifs is 1. The van der Waals surface area contributed by atoms with Gasteiger partial charge in [-0.2, -0.15) is 0 Å². The molecule has 0 aliphatic carbocycles. The Morgan fingerprint density at radius 1 is 1.32 bits per heavy atom. The molecule has 1 unspecified atom stereocenters. The van der Waals surface area contributed by atoms with E-state index in [1.165, 1.54) is 5.56 Å². The molecule has 0 bridgehead atoms. The van der Waals surface area contributed by atoms with Crippen molar-refractivity contribution in [2.75, 3.05) is 29.9 Å². The van der Waals surface area contributed by atoms with Gasteiger partial charge >= 0.3 is 0 Å². The average Bonchev–Trinajstić information content (AvgIpc) is 3.21. The third-order valence-corrected chi connectivity index (χ3v) is 5.93. The highest BCUT2D eigenvalue weighted by atomic mass is 32.1. The number of nitrogens with zero attached hydrogens (tertiary/aromatic N) is 3. The van der Waals surface area contributed by atoms with Gasteiger partial charge in [-0.1, -0.05) is 19.1 Å². The molecule has 7 heteroatoms. The first-order valence-electron chi connectivity index (χ1n) is 9.78. The van der Waals surface area contributed by atoms with Crippen molar-refractivity contribution >= 4 is 39.0 Å². The van der Waals surface area contributed by atoms with E-state index in [2.05, 4.69) is 44.6 Å². The van der Waals surface area contributed by atoms with Crippen LogP contribution < -0.4 is 15.5 Å². The first kappa shape index (κ1) is 18.8. The molecule has 1 aliphatic rings. The van der Waals surface area contributed by atoms with Gasteiger partial charge in [0.25, 0.3) is 0 Å². The first-order valence-corrected chi connectivity index (χ1v) is 10.7. The van der Waals surface area contributed by atoms with Gasteiger partial charge in [0.05, 0.1) is 11.3 Å². The van der Waals surface area contributed by atoms with Crippen LogP contribution in [0.2, 0.25) is 0 Å². The maximum absolute atomic E-state index is 12.9. The molecule has 3 aromatic rings. The summed E-state index contributed by atoms with van der Waals surface area (Å²) in [5.74, 6) is 0.979. The number of benzene rings is 1. The van der Waals surface area contributed by atoms with Crippen LogP contribution in [0.1, 0.15) is 25.3 Å². The average molecular weight is 396 g/mol. The highest BCUT2D eigenvalue weighted by Crippen LogP contribution is 2.30. The van der Waals surface area contributed by atoms with Gasteiger partial charge in [-0.15, -0.1) is 11.3 Å². The summed E-state index contributed by atoms with van der Waals surface area (Å²) in [6.07, 6.45) is 3.50. The van der Waals surface area contributed by atoms with Gasteiger partial charge in [0.15, 0.2) is 0 Å². The molecular formula is C21H25N5OS. The Morgan fingerprint density at radius 3 is 3.14 bits per heavy atom. The Morgan fingerprint density at radius 2 is 2.25 bits per heavy atom. The summed E-state index contributed by atoms with van der Waals surface area (Å²) in [5, 5.41) is 9.54. The fourth-order valence-corrected chi connectivity index (χ4v) is 4.41. The molecule has 3 heterocycles. The standard InChI is InChI=1S/C21H25N5OS/c1-2-22-12-15-5-3-7-17(11-15)25-20(27)16-6-4-9-26(13-16)19-18-8-10-28-21(18)24-14-23-19/h3,5,7-8,10-11,14,16,22H,2,4,6,9,12-13H2,1H3,(H,25,27). The third kappa shape index (κ3) is 4.15. The predicted molar refractivity (Wildman–Crippen MR) is 115 cm³/mol. The Bertz CT molecular complexity index is 957. The molecular weight excluding hydrogens is 370 g/mol. The summed E-state index contributed by atoms with van der Waals surface area (Å²) in [7, 11) is 0. The Kier molecular flexibility index (Phi) is 5.83. The molecule has 4 rings (SSSR count). The number of piperidine rings is 1. The van der Waals surface area contributed by atoms with Gasteiger partial charge in [-0.25, -0.2) is 9.97 Å². The molecule has 2 N–H and O–H groups in total. The van der Waals surface area contributed by atoms with Crippen molar-refractivity contribution in [3.63, 3.8) is 0 Å². The van der Waals surface area contributed by atoms with Crippen LogP contribution in [0.5, 0.6) is 0 Å². The molecule has 1 atom stereocenters. The molecule has 6 nitrogen and oxygen atoms in total. The monoisotopic (exact) mass is 395 g/mol. The van der Waals surface area contributed by atoms with Crippen molar-refractivity contribution in [3.8, 4) is 0 Å². The van der Waals surface area contributed by atoms with Crippen molar-refractivity contribution < 1.29 is 4.79 Å². The largest absolute Gasteiger partial charge is 0.355 e. The molecule has 1 aliphatic heterocycles. The van der Waals surface area contributed by atoms with E-state index in [-0.39, 0.29) is 11.8 Å². The van der Waals surface area contributed by atoms with E-state index in [9.17, 15) is 4.79 Å². The number of rotatable bonds is 6. The molecule has 1 amide bonds. The molecule has 2 aromatic heterocycles. The lowest BCUT2D eigenvalue weighted by Gasteiger charge is -2.33. The minimum absolute atomic E-state index is 0.0465. The topological polar surface area (TPSA) is 70.2 Å². The van der Waals surface area contributed by atoms with Gasteiger partial charge in [0.1, 0.15) is 17.0 Å². The van der Waals surface area contributed by atoms with Crippen LogP contribution in [0, 0.1) is 5.92 Å². The minimum atomic E-state index is -0.0465. The van der Waals surface area contributed by atoms with Gasteiger partial charge in [0, 0.05) is 25.3 Å². The molecule has 1 saturated heterocycles. The van der Waals surface area contributed by atoms with E-state index < -0.39 is 0 Å². The van der Waals surface area contributed by atoms with Gasteiger partial charge in [-0.3, -0.25) is 4.79 Å². The first-order chi connectivity index (χ1) is 13.7. The van der Waals surface area contributed by atoms with E-state index in [1.807, 2.05) is 23.6 Å². The SMILES string of the molecule is CCNCc1cccc(NC(=O)C2CCCN(c3ncnc4sccc34)C2)c1. The number of anilines is 2. The Hall–Kier alpha value is -2.51. The van der Waals surface area contributed by atoms with Crippen molar-refractivity contribution in [2.24, 2.45) is 5.92 Å². The maximum Gasteiger partial charge on any atom is 0.229 e. The van der Waals surface area contributed by atoms with E-state index in [4.69, 9.17) is 0 Å². The predicted octanol–water partition coefficient (Wildman–Crippen LogP) is 3.66. The quantitative estimate of drug-likeness (QED) is 0.667. The highest BCUT2D eigenvalue weighted by molar-refractivity contribution is 7.16. The number of amides is 1. The van der Waals surface area contributed by atoms with Crippen LogP contribution in [-0.2, 0) is 11.3 Å². The molecule has 1 fully saturated rings. The molecule has 146 valence electrons. The lowest BCUT2D eigenvalue weighted by molar-refractivity contribution is -0.120. The highest BCUT2D eigenvalue weighted by Gasteiger charge is 2.27. The van der Waals surface area contributed by atoms with Gasteiger partial charge < -0.3 is 15.5 Å². The molecule has 0 radical (unpaired) electrons. The summed E-state index contributed by atoms with van der Waals surface area (Å²) in [6.45, 7) is 5.42. The second kappa shape index (κ2) is 8.67. The van der Waals surface area contributed by atoms with Crippen molar-refractivity contribution in [1.29, 1.82) is 0 Å². The summed E-state index contributed by atoms with van der Waals surface area (Å²) in [5.41, 5.74) is 2.03. The van der Waals surface area contributed by atoms with E-state index in [1.54, 1.807) is 17.7 Å². The Labute approximate surface area is 169 Å². The zero-order valence-electron chi connectivity index (χ0n) is 16.0. The number of aromatic nitrogens is 2. The van der Waals surface area contributed by atoms with E-state index in [0.717, 1.165) is 54.2 Å². The van der Waals surface area contributed by atoms with Crippen LogP contribution >= 0.6 is 11.3 Å². The van der Waals surface area contributed by atoms with Crippen molar-refractivity contribution in [1.82, 2.24) is 15.3 Å². The summed E-state index contributed by atoms with van der Waals surface area (Å²) in [6, 6.07) is 10.1. The van der Waals surface area contributed by atoms with Crippen LogP contribution in [0.15, 0.2) is 42.0 Å².